The molecular weight excluding hydrogens is 529 g/mol. The molecule has 2 aromatic rings. The van der Waals surface area contributed by atoms with Gasteiger partial charge in [-0.15, -0.1) is 0 Å². The minimum atomic E-state index is -4.94. The van der Waals surface area contributed by atoms with Gasteiger partial charge in [0, 0.05) is 12.1 Å². The van der Waals surface area contributed by atoms with Crippen LogP contribution in [0.5, 0.6) is 0 Å². The zero-order valence-corrected chi connectivity index (χ0v) is 20.0. The number of rotatable bonds is 6. The van der Waals surface area contributed by atoms with Gasteiger partial charge in [0.15, 0.2) is 0 Å². The molecule has 34 heavy (non-hydrogen) atoms. The van der Waals surface area contributed by atoms with Crippen molar-refractivity contribution in [2.75, 3.05) is 6.54 Å². The maximum atomic E-state index is 13.7. The Labute approximate surface area is 206 Å². The predicted octanol–water partition coefficient (Wildman–Crippen LogP) is 7.49. The van der Waals surface area contributed by atoms with Gasteiger partial charge >= 0.3 is 12.4 Å². The molecule has 1 unspecified atom stereocenters. The Morgan fingerprint density at radius 3 is 2.06 bits per heavy atom. The van der Waals surface area contributed by atoms with E-state index in [9.17, 15) is 31.1 Å². The first-order chi connectivity index (χ1) is 15.4. The van der Waals surface area contributed by atoms with Crippen LogP contribution in [-0.2, 0) is 6.18 Å². The molecule has 0 aliphatic carbocycles. The zero-order valence-electron chi connectivity index (χ0n) is 17.7. The second-order valence-corrected chi connectivity index (χ2v) is 9.34. The molecule has 186 valence electrons. The van der Waals surface area contributed by atoms with E-state index < -0.39 is 40.8 Å². The van der Waals surface area contributed by atoms with Crippen molar-refractivity contribution in [3.63, 3.8) is 0 Å². The van der Waals surface area contributed by atoms with Crippen molar-refractivity contribution >= 4 is 46.8 Å². The molecule has 2 aromatic carbocycles. The van der Waals surface area contributed by atoms with Gasteiger partial charge in [0.25, 0.3) is 5.91 Å². The lowest BCUT2D eigenvalue weighted by Crippen LogP contribution is -2.45. The Morgan fingerprint density at radius 2 is 1.59 bits per heavy atom. The summed E-state index contributed by atoms with van der Waals surface area (Å²) >= 11 is 17.4. The maximum Gasteiger partial charge on any atom is 0.417 e. The van der Waals surface area contributed by atoms with E-state index in [4.69, 9.17) is 40.5 Å². The Kier molecular flexibility index (Phi) is 8.62. The number of hydrogen-bond acceptors (Lipinski definition) is 2. The summed E-state index contributed by atoms with van der Waals surface area (Å²) in [5.74, 6) is -3.25. The summed E-state index contributed by atoms with van der Waals surface area (Å²) in [4.78, 5) is 12.3. The van der Waals surface area contributed by atoms with E-state index in [1.165, 1.54) is 0 Å². The Bertz CT molecular complexity index is 1070. The minimum absolute atomic E-state index is 0.0930. The largest absolute Gasteiger partial charge is 0.417 e. The van der Waals surface area contributed by atoms with Gasteiger partial charge in [-0.25, -0.2) is 0 Å². The SMILES string of the molecule is CC(C)(N)CNC(=O)c1ccc(/C=C/C(c2cc(Cl)c(Cl)c(Cl)c2)C(F)(F)F)cc1C(F)(F)F. The van der Waals surface area contributed by atoms with Crippen molar-refractivity contribution in [3.05, 3.63) is 73.7 Å². The highest BCUT2D eigenvalue weighted by molar-refractivity contribution is 6.48. The molecular formula is C22H19Cl3F6N2O. The van der Waals surface area contributed by atoms with Gasteiger partial charge in [-0.2, -0.15) is 26.3 Å². The molecule has 0 saturated heterocycles. The van der Waals surface area contributed by atoms with Gasteiger partial charge in [0.2, 0.25) is 0 Å². The number of carbonyl (C=O) groups is 1. The minimum Gasteiger partial charge on any atom is -0.350 e. The summed E-state index contributed by atoms with van der Waals surface area (Å²) in [6.45, 7) is 3.05. The van der Waals surface area contributed by atoms with Crippen LogP contribution in [0, 0.1) is 0 Å². The fourth-order valence-corrected chi connectivity index (χ4v) is 3.49. The van der Waals surface area contributed by atoms with Crippen LogP contribution in [0.15, 0.2) is 36.4 Å². The van der Waals surface area contributed by atoms with Crippen molar-refractivity contribution in [2.45, 2.75) is 37.7 Å². The fourth-order valence-electron chi connectivity index (χ4n) is 2.87. The molecule has 0 radical (unpaired) electrons. The molecule has 0 aliphatic heterocycles. The highest BCUT2D eigenvalue weighted by atomic mass is 35.5. The van der Waals surface area contributed by atoms with E-state index in [0.717, 1.165) is 30.3 Å². The first kappa shape index (κ1) is 28.3. The predicted molar refractivity (Wildman–Crippen MR) is 121 cm³/mol. The van der Waals surface area contributed by atoms with Crippen molar-refractivity contribution in [1.29, 1.82) is 0 Å². The van der Waals surface area contributed by atoms with Crippen LogP contribution >= 0.6 is 34.8 Å². The van der Waals surface area contributed by atoms with Crippen LogP contribution in [0.3, 0.4) is 0 Å². The second-order valence-electron chi connectivity index (χ2n) is 8.15. The Balaban J connectivity index is 2.46. The van der Waals surface area contributed by atoms with Crippen LogP contribution in [-0.4, -0.2) is 24.2 Å². The smallest absolute Gasteiger partial charge is 0.350 e. The molecule has 0 spiro atoms. The van der Waals surface area contributed by atoms with Crippen molar-refractivity contribution in [2.24, 2.45) is 5.73 Å². The molecule has 12 heteroatoms. The van der Waals surface area contributed by atoms with Gasteiger partial charge in [-0.3, -0.25) is 4.79 Å². The molecule has 0 aromatic heterocycles. The third kappa shape index (κ3) is 7.53. The maximum absolute atomic E-state index is 13.7. The number of carbonyl (C=O) groups excluding carboxylic acids is 1. The quantitative estimate of drug-likeness (QED) is 0.291. The van der Waals surface area contributed by atoms with Crippen LogP contribution in [0.25, 0.3) is 6.08 Å². The van der Waals surface area contributed by atoms with E-state index in [2.05, 4.69) is 5.32 Å². The van der Waals surface area contributed by atoms with Crippen molar-refractivity contribution < 1.29 is 31.1 Å². The van der Waals surface area contributed by atoms with E-state index in [-0.39, 0.29) is 32.7 Å². The van der Waals surface area contributed by atoms with Gasteiger partial charge < -0.3 is 11.1 Å². The fraction of sp³-hybridized carbons (Fsp3) is 0.318. The lowest BCUT2D eigenvalue weighted by Gasteiger charge is -2.20. The van der Waals surface area contributed by atoms with Crippen LogP contribution < -0.4 is 11.1 Å². The van der Waals surface area contributed by atoms with Crippen LogP contribution in [0.2, 0.25) is 15.1 Å². The Morgan fingerprint density at radius 1 is 1.03 bits per heavy atom. The summed E-state index contributed by atoms with van der Waals surface area (Å²) in [5.41, 5.74) is 2.32. The lowest BCUT2D eigenvalue weighted by molar-refractivity contribution is -0.139. The summed E-state index contributed by atoms with van der Waals surface area (Å²) in [5, 5.41) is 1.77. The number of halogens is 9. The number of amides is 1. The molecule has 1 atom stereocenters. The number of allylic oxidation sites excluding steroid dienone is 1. The molecule has 0 fully saturated rings. The summed E-state index contributed by atoms with van der Waals surface area (Å²) in [6.07, 6.45) is -8.20. The number of hydrogen-bond donors (Lipinski definition) is 2. The van der Waals surface area contributed by atoms with Gasteiger partial charge in [0.05, 0.1) is 32.1 Å². The first-order valence-corrected chi connectivity index (χ1v) is 10.7. The van der Waals surface area contributed by atoms with E-state index in [0.29, 0.717) is 12.1 Å². The number of benzene rings is 2. The topological polar surface area (TPSA) is 55.1 Å². The zero-order chi connectivity index (χ0) is 26.1. The molecule has 3 N–H and O–H groups in total. The third-order valence-corrected chi connectivity index (χ3v) is 5.69. The molecule has 2 rings (SSSR count). The van der Waals surface area contributed by atoms with Gasteiger partial charge in [-0.1, -0.05) is 53.0 Å². The van der Waals surface area contributed by atoms with Gasteiger partial charge in [-0.05, 0) is 49.2 Å². The second kappa shape index (κ2) is 10.4. The summed E-state index contributed by atoms with van der Waals surface area (Å²) < 4.78 is 81.8. The standard InChI is InChI=1S/C22H19Cl3F6N2O/c1-20(2,32)10-33-19(34)13-5-3-11(7-15(13)22(29,30)31)4-6-14(21(26,27)28)12-8-16(23)18(25)17(24)9-12/h3-9,14H,10,32H2,1-2H3,(H,33,34)/b6-4+. The summed E-state index contributed by atoms with van der Waals surface area (Å²) in [6, 6.07) is 4.54. The normalized spacial score (nSPS) is 13.9. The molecule has 1 amide bonds. The lowest BCUT2D eigenvalue weighted by atomic mass is 9.96. The molecule has 0 aliphatic rings. The van der Waals surface area contributed by atoms with Crippen LogP contribution in [0.1, 0.15) is 46.8 Å². The van der Waals surface area contributed by atoms with Crippen molar-refractivity contribution in [3.8, 4) is 0 Å². The van der Waals surface area contributed by atoms with Crippen LogP contribution in [0.4, 0.5) is 26.3 Å². The Hall–Kier alpha value is -1.94. The molecule has 3 nitrogen and oxygen atoms in total. The number of nitrogens with one attached hydrogen (secondary N) is 1. The monoisotopic (exact) mass is 546 g/mol. The van der Waals surface area contributed by atoms with E-state index in [1.54, 1.807) is 13.8 Å². The number of nitrogens with two attached hydrogens (primary N) is 1. The number of alkyl halides is 6. The average Bonchev–Trinajstić information content (AvgIpc) is 2.68. The average molecular weight is 548 g/mol. The third-order valence-electron chi connectivity index (χ3n) is 4.50. The molecule has 0 bridgehead atoms. The summed E-state index contributed by atoms with van der Waals surface area (Å²) in [7, 11) is 0. The van der Waals surface area contributed by atoms with Gasteiger partial charge in [0.1, 0.15) is 0 Å². The first-order valence-electron chi connectivity index (χ1n) is 9.58. The highest BCUT2D eigenvalue weighted by Crippen LogP contribution is 2.41. The van der Waals surface area contributed by atoms with E-state index in [1.807, 2.05) is 0 Å². The highest BCUT2D eigenvalue weighted by Gasteiger charge is 2.40. The molecule has 0 saturated carbocycles. The molecule has 0 heterocycles. The van der Waals surface area contributed by atoms with E-state index >= 15 is 0 Å². The van der Waals surface area contributed by atoms with Crippen molar-refractivity contribution in [1.82, 2.24) is 5.32 Å².